The van der Waals surface area contributed by atoms with E-state index in [-0.39, 0.29) is 0 Å². The molecular weight excluding hydrogens is 466 g/mol. The summed E-state index contributed by atoms with van der Waals surface area (Å²) < 4.78 is 13.2. The lowest BCUT2D eigenvalue weighted by atomic mass is 9.92. The van der Waals surface area contributed by atoms with Crippen molar-refractivity contribution in [2.45, 2.75) is 45.8 Å². The highest BCUT2D eigenvalue weighted by Crippen LogP contribution is 2.42. The predicted molar refractivity (Wildman–Crippen MR) is 139 cm³/mol. The molecule has 2 aliphatic rings. The van der Waals surface area contributed by atoms with Gasteiger partial charge in [-0.3, -0.25) is 9.51 Å². The van der Waals surface area contributed by atoms with E-state index < -0.39 is 5.76 Å². The average molecular weight is 492 g/mol. The zero-order valence-corrected chi connectivity index (χ0v) is 20.6. The van der Waals surface area contributed by atoms with Crippen LogP contribution >= 0.6 is 0 Å². The van der Waals surface area contributed by atoms with Crippen molar-refractivity contribution in [2.24, 2.45) is 0 Å². The van der Waals surface area contributed by atoms with Crippen LogP contribution in [-0.4, -0.2) is 24.7 Å². The van der Waals surface area contributed by atoms with Crippen LogP contribution in [-0.2, 0) is 13.2 Å². The number of aromatic nitrogens is 5. The summed E-state index contributed by atoms with van der Waals surface area (Å²) in [6, 6.07) is 16.5. The average Bonchev–Trinajstić information content (AvgIpc) is 3.58. The highest BCUT2D eigenvalue weighted by molar-refractivity contribution is 5.93. The van der Waals surface area contributed by atoms with E-state index in [9.17, 15) is 4.79 Å². The van der Waals surface area contributed by atoms with E-state index in [4.69, 9.17) is 19.2 Å². The molecule has 1 aliphatic heterocycles. The molecule has 0 bridgehead atoms. The molecule has 37 heavy (non-hydrogen) atoms. The Balaban J connectivity index is 1.34. The predicted octanol–water partition coefficient (Wildman–Crippen LogP) is 5.13. The smallest absolute Gasteiger partial charge is 0.439 e. The van der Waals surface area contributed by atoms with Crippen molar-refractivity contribution in [2.75, 3.05) is 0 Å². The maximum atomic E-state index is 11.6. The number of benzene rings is 2. The van der Waals surface area contributed by atoms with Gasteiger partial charge in [0.1, 0.15) is 23.7 Å². The molecule has 7 rings (SSSR count). The molecule has 4 heterocycles. The number of fused-ring (bicyclic) bond motifs is 3. The molecule has 1 fully saturated rings. The summed E-state index contributed by atoms with van der Waals surface area (Å²) in [5.41, 5.74) is 9.21. The second kappa shape index (κ2) is 8.30. The van der Waals surface area contributed by atoms with Crippen LogP contribution in [0.5, 0.6) is 5.75 Å². The maximum absolute atomic E-state index is 11.6. The van der Waals surface area contributed by atoms with Gasteiger partial charge in [0.05, 0.1) is 6.54 Å². The number of nitrogens with one attached hydrogen (secondary N) is 1. The minimum Gasteiger partial charge on any atom is -0.488 e. The topological polar surface area (TPSA) is 98.8 Å². The fourth-order valence-corrected chi connectivity index (χ4v) is 5.25. The number of hydrogen-bond donors (Lipinski definition) is 1. The first-order valence-electron chi connectivity index (χ1n) is 12.5. The molecule has 0 unspecified atom stereocenters. The summed E-state index contributed by atoms with van der Waals surface area (Å²) in [6.07, 6.45) is 4.19. The van der Waals surface area contributed by atoms with Gasteiger partial charge in [-0.15, -0.1) is 0 Å². The third-order valence-electron chi connectivity index (χ3n) is 7.09. The Hall–Kier alpha value is -4.46. The number of aryl methyl sites for hydroxylation is 2. The summed E-state index contributed by atoms with van der Waals surface area (Å²) >= 11 is 0. The number of para-hydroxylation sites is 1. The van der Waals surface area contributed by atoms with Crippen LogP contribution in [0.15, 0.2) is 57.8 Å². The van der Waals surface area contributed by atoms with Gasteiger partial charge >= 0.3 is 5.76 Å². The maximum Gasteiger partial charge on any atom is 0.439 e. The zero-order valence-electron chi connectivity index (χ0n) is 20.6. The van der Waals surface area contributed by atoms with Gasteiger partial charge in [-0.2, -0.15) is 0 Å². The number of hydrogen-bond acceptors (Lipinski definition) is 6. The molecule has 3 aromatic heterocycles. The number of aromatic amines is 1. The summed E-state index contributed by atoms with van der Waals surface area (Å²) in [7, 11) is 0. The van der Waals surface area contributed by atoms with E-state index in [0.717, 1.165) is 61.8 Å². The monoisotopic (exact) mass is 491 g/mol. The van der Waals surface area contributed by atoms with Crippen molar-refractivity contribution >= 4 is 22.8 Å². The van der Waals surface area contributed by atoms with Crippen molar-refractivity contribution in [3.8, 4) is 5.75 Å². The van der Waals surface area contributed by atoms with E-state index in [1.165, 1.54) is 12.8 Å². The van der Waals surface area contributed by atoms with Gasteiger partial charge in [0.15, 0.2) is 11.5 Å². The van der Waals surface area contributed by atoms with Crippen LogP contribution in [0.4, 0.5) is 0 Å². The zero-order chi connectivity index (χ0) is 25.1. The van der Waals surface area contributed by atoms with Crippen LogP contribution in [0.2, 0.25) is 0 Å². The van der Waals surface area contributed by atoms with Crippen molar-refractivity contribution < 1.29 is 9.26 Å². The van der Waals surface area contributed by atoms with E-state index in [1.54, 1.807) is 0 Å². The van der Waals surface area contributed by atoms with Crippen LogP contribution in [0.1, 0.15) is 63.9 Å². The van der Waals surface area contributed by atoms with Gasteiger partial charge in [0.25, 0.3) is 0 Å². The Labute approximate surface area is 212 Å². The Morgan fingerprint density at radius 3 is 2.76 bits per heavy atom. The number of ether oxygens (including phenoxy) is 1. The van der Waals surface area contributed by atoms with Crippen LogP contribution in [0.3, 0.4) is 0 Å². The SMILES string of the molecule is Cc1cc(C)c2nc(C3CC3)n(Cc3ccc4c(c3)COc3ccccc3C4=Cc3noc(=O)[nH]3)c2n1. The van der Waals surface area contributed by atoms with Gasteiger partial charge < -0.3 is 9.30 Å². The van der Waals surface area contributed by atoms with Gasteiger partial charge in [-0.1, -0.05) is 35.5 Å². The summed E-state index contributed by atoms with van der Waals surface area (Å²) in [4.78, 5) is 24.1. The van der Waals surface area contributed by atoms with Crippen molar-refractivity contribution in [3.05, 3.63) is 104 Å². The largest absolute Gasteiger partial charge is 0.488 e. The fraction of sp³-hybridized carbons (Fsp3) is 0.241. The Bertz CT molecular complexity index is 1770. The molecule has 0 amide bonds. The minimum absolute atomic E-state index is 0.363. The minimum atomic E-state index is -0.585. The Morgan fingerprint density at radius 2 is 1.95 bits per heavy atom. The molecule has 0 saturated heterocycles. The molecule has 0 spiro atoms. The number of nitrogens with zero attached hydrogens (tertiary/aromatic N) is 4. The van der Waals surface area contributed by atoms with Gasteiger partial charge in [-0.25, -0.2) is 14.8 Å². The Morgan fingerprint density at radius 1 is 1.08 bits per heavy atom. The number of rotatable bonds is 4. The molecular formula is C29H25N5O3. The third kappa shape index (κ3) is 3.85. The first kappa shape index (κ1) is 21.8. The van der Waals surface area contributed by atoms with Gasteiger partial charge in [0, 0.05) is 17.2 Å². The lowest BCUT2D eigenvalue weighted by Gasteiger charge is -2.13. The molecule has 1 saturated carbocycles. The molecule has 5 aromatic rings. The summed E-state index contributed by atoms with van der Waals surface area (Å²) in [5.74, 6) is 2.20. The van der Waals surface area contributed by atoms with Crippen LogP contribution in [0, 0.1) is 13.8 Å². The molecule has 0 radical (unpaired) electrons. The van der Waals surface area contributed by atoms with E-state index in [2.05, 4.69) is 45.9 Å². The van der Waals surface area contributed by atoms with Gasteiger partial charge in [-0.05, 0) is 78.8 Å². The standard InChI is InChI=1S/C29H25N5O3/c1-16-11-17(2)30-28-26(16)32-27(19-8-9-19)34(28)14-18-7-10-21-20(12-18)15-36-24-6-4-3-5-22(24)23(21)13-25-31-29(35)37-33-25/h3-7,10-13,19H,8-9,14-15H2,1-2H3,(H,31,33,35). The second-order valence-corrected chi connectivity index (χ2v) is 9.90. The quantitative estimate of drug-likeness (QED) is 0.374. The first-order chi connectivity index (χ1) is 18.0. The van der Waals surface area contributed by atoms with E-state index >= 15 is 0 Å². The normalized spacial score (nSPS) is 15.9. The number of H-pyrrole nitrogens is 1. The highest BCUT2D eigenvalue weighted by Gasteiger charge is 2.30. The van der Waals surface area contributed by atoms with E-state index in [0.29, 0.717) is 24.9 Å². The van der Waals surface area contributed by atoms with E-state index in [1.807, 2.05) is 37.3 Å². The molecule has 0 atom stereocenters. The lowest BCUT2D eigenvalue weighted by Crippen LogP contribution is -2.07. The summed E-state index contributed by atoms with van der Waals surface area (Å²) in [5, 5.41) is 3.85. The Kier molecular flexibility index (Phi) is 4.89. The molecule has 2 aromatic carbocycles. The lowest BCUT2D eigenvalue weighted by molar-refractivity contribution is 0.307. The number of pyridine rings is 1. The van der Waals surface area contributed by atoms with Crippen LogP contribution in [0.25, 0.3) is 22.8 Å². The summed E-state index contributed by atoms with van der Waals surface area (Å²) in [6.45, 7) is 5.27. The fourth-order valence-electron chi connectivity index (χ4n) is 5.25. The number of imidazole rings is 1. The molecule has 8 nitrogen and oxygen atoms in total. The molecule has 184 valence electrons. The first-order valence-corrected chi connectivity index (χ1v) is 12.5. The van der Waals surface area contributed by atoms with Crippen molar-refractivity contribution in [1.82, 2.24) is 24.7 Å². The molecule has 1 N–H and O–H groups in total. The van der Waals surface area contributed by atoms with Crippen molar-refractivity contribution in [3.63, 3.8) is 0 Å². The third-order valence-corrected chi connectivity index (χ3v) is 7.09. The second-order valence-electron chi connectivity index (χ2n) is 9.90. The highest BCUT2D eigenvalue weighted by atomic mass is 16.5. The van der Waals surface area contributed by atoms with Crippen LogP contribution < -0.4 is 10.5 Å². The van der Waals surface area contributed by atoms with Crippen molar-refractivity contribution in [1.29, 1.82) is 0 Å². The van der Waals surface area contributed by atoms with Gasteiger partial charge in [0.2, 0.25) is 0 Å². The molecule has 8 heteroatoms. The molecule has 1 aliphatic carbocycles.